The number of anilines is 1. The van der Waals surface area contributed by atoms with Crippen molar-refractivity contribution >= 4 is 35.0 Å². The van der Waals surface area contributed by atoms with Crippen LogP contribution in [0, 0.1) is 5.41 Å². The number of nitrogens with one attached hydrogen (secondary N) is 2. The van der Waals surface area contributed by atoms with Gasteiger partial charge in [0.2, 0.25) is 0 Å². The van der Waals surface area contributed by atoms with Gasteiger partial charge in [-0.1, -0.05) is 75.2 Å². The molecule has 2 heterocycles. The fourth-order valence-electron chi connectivity index (χ4n) is 4.50. The van der Waals surface area contributed by atoms with E-state index in [1.807, 2.05) is 18.2 Å². The van der Waals surface area contributed by atoms with E-state index in [-0.39, 0.29) is 16.8 Å². The molecule has 2 N–H and O–H groups in total. The molecule has 4 rings (SSSR count). The van der Waals surface area contributed by atoms with Gasteiger partial charge in [-0.3, -0.25) is 9.59 Å². The molecule has 2 aromatic rings. The number of hydrogen-bond donors (Lipinski definition) is 2. The van der Waals surface area contributed by atoms with Crippen LogP contribution in [0.5, 0.6) is 0 Å². The molecule has 1 aromatic heterocycles. The van der Waals surface area contributed by atoms with Gasteiger partial charge in [0.1, 0.15) is 5.82 Å². The van der Waals surface area contributed by atoms with Gasteiger partial charge >= 0.3 is 0 Å². The van der Waals surface area contributed by atoms with Crippen molar-refractivity contribution in [2.24, 2.45) is 5.41 Å². The molecule has 1 aromatic carbocycles. The monoisotopic (exact) mass is 457 g/mol. The highest BCUT2D eigenvalue weighted by molar-refractivity contribution is 7.99. The van der Waals surface area contributed by atoms with Gasteiger partial charge in [0.15, 0.2) is 10.9 Å². The van der Waals surface area contributed by atoms with Gasteiger partial charge in [0.05, 0.1) is 5.56 Å². The topological polar surface area (TPSA) is 74.8 Å². The Morgan fingerprint density at radius 3 is 2.71 bits per heavy atom. The van der Waals surface area contributed by atoms with Gasteiger partial charge in [-0.2, -0.15) is 0 Å². The molecular weight excluding hydrogens is 430 g/mol. The summed E-state index contributed by atoms with van der Waals surface area (Å²) in [5.41, 5.74) is 2.38. The van der Waals surface area contributed by atoms with Crippen LogP contribution >= 0.6 is 23.4 Å². The molecule has 0 saturated heterocycles. The number of nitrogens with zero attached hydrogens (tertiary/aromatic N) is 1. The predicted molar refractivity (Wildman–Crippen MR) is 127 cm³/mol. The standard InChI is InChI=1S/C24H28ClN3O2S/c1-4-5-8-11-31-23-27-21-20(22(30)28-23)18(14-9-6-7-10-15(14)25)19-16(26-21)12-24(2,3)13-17(19)29/h6-7,9-10,18H,4-5,8,11-13H2,1-3H3,(H2,26,27,28,30). The Bertz CT molecular complexity index is 1110. The smallest absolute Gasteiger partial charge is 0.257 e. The maximum Gasteiger partial charge on any atom is 0.257 e. The van der Waals surface area contributed by atoms with Crippen LogP contribution in [0.3, 0.4) is 0 Å². The van der Waals surface area contributed by atoms with E-state index < -0.39 is 5.92 Å². The molecular formula is C24H28ClN3O2S. The zero-order chi connectivity index (χ0) is 22.2. The van der Waals surface area contributed by atoms with Crippen LogP contribution < -0.4 is 10.9 Å². The SMILES string of the molecule is CCCCCSc1nc2c(c(=O)[nH]1)C(c1ccccc1Cl)C1=C(CC(C)(C)CC1=O)N2. The van der Waals surface area contributed by atoms with E-state index in [1.165, 1.54) is 0 Å². The van der Waals surface area contributed by atoms with Crippen LogP contribution in [0.2, 0.25) is 5.02 Å². The first-order valence-electron chi connectivity index (χ1n) is 10.9. The summed E-state index contributed by atoms with van der Waals surface area (Å²) < 4.78 is 0. The van der Waals surface area contributed by atoms with Crippen molar-refractivity contribution in [3.8, 4) is 0 Å². The van der Waals surface area contributed by atoms with E-state index in [2.05, 4.69) is 31.1 Å². The van der Waals surface area contributed by atoms with Crippen LogP contribution in [-0.4, -0.2) is 21.5 Å². The summed E-state index contributed by atoms with van der Waals surface area (Å²) in [6, 6.07) is 7.44. The summed E-state index contributed by atoms with van der Waals surface area (Å²) in [5, 5.41) is 4.51. The highest BCUT2D eigenvalue weighted by Gasteiger charge is 2.42. The normalized spacial score (nSPS) is 19.6. The van der Waals surface area contributed by atoms with Crippen LogP contribution in [0.25, 0.3) is 0 Å². The molecule has 1 aliphatic heterocycles. The molecule has 31 heavy (non-hydrogen) atoms. The van der Waals surface area contributed by atoms with E-state index in [1.54, 1.807) is 17.8 Å². The summed E-state index contributed by atoms with van der Waals surface area (Å²) >= 11 is 8.11. The van der Waals surface area contributed by atoms with E-state index in [4.69, 9.17) is 16.6 Å². The lowest BCUT2D eigenvalue weighted by molar-refractivity contribution is -0.118. The van der Waals surface area contributed by atoms with Crippen molar-refractivity contribution in [2.45, 2.75) is 63.9 Å². The Morgan fingerprint density at radius 2 is 1.97 bits per heavy atom. The molecule has 1 atom stereocenters. The number of aromatic amines is 1. The largest absolute Gasteiger partial charge is 0.343 e. The first-order valence-corrected chi connectivity index (χ1v) is 12.2. The summed E-state index contributed by atoms with van der Waals surface area (Å²) in [5.74, 6) is 0.991. The minimum atomic E-state index is -0.515. The summed E-state index contributed by atoms with van der Waals surface area (Å²) in [4.78, 5) is 34.2. The Hall–Kier alpha value is -2.05. The average Bonchev–Trinajstić information content (AvgIpc) is 2.69. The van der Waals surface area contributed by atoms with E-state index in [0.717, 1.165) is 42.7 Å². The van der Waals surface area contributed by atoms with Gasteiger partial charge in [-0.05, 0) is 29.9 Å². The molecule has 0 saturated carbocycles. The second-order valence-electron chi connectivity index (χ2n) is 9.10. The number of allylic oxidation sites excluding steroid dienone is 2. The fourth-order valence-corrected chi connectivity index (χ4v) is 5.61. The third-order valence-electron chi connectivity index (χ3n) is 5.90. The molecule has 7 heteroatoms. The molecule has 0 spiro atoms. The van der Waals surface area contributed by atoms with Crippen LogP contribution in [0.15, 0.2) is 45.5 Å². The summed E-state index contributed by atoms with van der Waals surface area (Å²) in [6.07, 6.45) is 4.55. The predicted octanol–water partition coefficient (Wildman–Crippen LogP) is 5.91. The maximum atomic E-state index is 13.3. The molecule has 1 unspecified atom stereocenters. The average molecular weight is 458 g/mol. The lowest BCUT2D eigenvalue weighted by atomic mass is 9.69. The van der Waals surface area contributed by atoms with Crippen molar-refractivity contribution in [3.05, 3.63) is 62.0 Å². The number of carbonyl (C=O) groups excluding carboxylic acids is 1. The quantitative estimate of drug-likeness (QED) is 0.320. The number of halogens is 1. The zero-order valence-corrected chi connectivity index (χ0v) is 19.8. The molecule has 0 bridgehead atoms. The Balaban J connectivity index is 1.83. The number of ketones is 1. The minimum absolute atomic E-state index is 0.0618. The van der Waals surface area contributed by atoms with Crippen molar-refractivity contribution in [1.29, 1.82) is 0 Å². The molecule has 0 radical (unpaired) electrons. The number of Topliss-reactive ketones (excluding diaryl/α,β-unsaturated/α-hetero) is 1. The van der Waals surface area contributed by atoms with Crippen molar-refractivity contribution in [3.63, 3.8) is 0 Å². The van der Waals surface area contributed by atoms with Gasteiger partial charge in [0.25, 0.3) is 5.56 Å². The number of H-pyrrole nitrogens is 1. The number of unbranched alkanes of at least 4 members (excludes halogenated alkanes) is 2. The van der Waals surface area contributed by atoms with Gasteiger partial charge < -0.3 is 10.3 Å². The number of benzene rings is 1. The molecule has 2 aliphatic rings. The van der Waals surface area contributed by atoms with Gasteiger partial charge in [0, 0.05) is 34.4 Å². The second kappa shape index (κ2) is 8.83. The van der Waals surface area contributed by atoms with Gasteiger partial charge in [-0.25, -0.2) is 4.98 Å². The highest BCUT2D eigenvalue weighted by atomic mass is 35.5. The molecule has 0 fully saturated rings. The lowest BCUT2D eigenvalue weighted by Gasteiger charge is -2.38. The Morgan fingerprint density at radius 1 is 1.19 bits per heavy atom. The fraction of sp³-hybridized carbons (Fsp3) is 0.458. The Kier molecular flexibility index (Phi) is 6.31. The van der Waals surface area contributed by atoms with E-state index >= 15 is 0 Å². The van der Waals surface area contributed by atoms with Gasteiger partial charge in [-0.15, -0.1) is 0 Å². The zero-order valence-electron chi connectivity index (χ0n) is 18.2. The number of aromatic nitrogens is 2. The highest BCUT2D eigenvalue weighted by Crippen LogP contribution is 2.48. The molecule has 0 amide bonds. The summed E-state index contributed by atoms with van der Waals surface area (Å²) in [7, 11) is 0. The van der Waals surface area contributed by atoms with Crippen LogP contribution in [-0.2, 0) is 4.79 Å². The molecule has 164 valence electrons. The van der Waals surface area contributed by atoms with Crippen molar-refractivity contribution in [2.75, 3.05) is 11.1 Å². The third kappa shape index (κ3) is 4.46. The molecule has 1 aliphatic carbocycles. The number of carbonyl (C=O) groups is 1. The van der Waals surface area contributed by atoms with E-state index in [9.17, 15) is 9.59 Å². The Labute approximate surface area is 192 Å². The van der Waals surface area contributed by atoms with Crippen LogP contribution in [0.4, 0.5) is 5.82 Å². The number of fused-ring (bicyclic) bond motifs is 1. The van der Waals surface area contributed by atoms with Crippen molar-refractivity contribution in [1.82, 2.24) is 9.97 Å². The third-order valence-corrected chi connectivity index (χ3v) is 7.21. The first-order chi connectivity index (χ1) is 14.8. The van der Waals surface area contributed by atoms with Crippen molar-refractivity contribution < 1.29 is 4.79 Å². The molecule has 5 nitrogen and oxygen atoms in total. The number of thioether (sulfide) groups is 1. The second-order valence-corrected chi connectivity index (χ2v) is 10.6. The summed E-state index contributed by atoms with van der Waals surface area (Å²) in [6.45, 7) is 6.36. The maximum absolute atomic E-state index is 13.3. The lowest BCUT2D eigenvalue weighted by Crippen LogP contribution is -2.37. The number of rotatable bonds is 6. The first kappa shape index (κ1) is 22.2. The number of hydrogen-bond acceptors (Lipinski definition) is 5. The van der Waals surface area contributed by atoms with Crippen LogP contribution in [0.1, 0.15) is 69.9 Å². The minimum Gasteiger partial charge on any atom is -0.343 e. The van der Waals surface area contributed by atoms with E-state index in [0.29, 0.717) is 33.6 Å².